The molecule has 8 nitrogen and oxygen atoms in total. The summed E-state index contributed by atoms with van der Waals surface area (Å²) >= 11 is 6.05. The molecule has 0 spiro atoms. The van der Waals surface area contributed by atoms with Crippen molar-refractivity contribution >= 4 is 29.1 Å². The number of hydrogen-bond donors (Lipinski definition) is 2. The smallest absolute Gasteiger partial charge is 0.255 e. The molecular weight excluding hydrogens is 464 g/mol. The maximum atomic E-state index is 13.5. The first-order chi connectivity index (χ1) is 17.0. The molecule has 0 radical (unpaired) electrons. The molecule has 2 aromatic heterocycles. The molecule has 176 valence electrons. The third kappa shape index (κ3) is 4.61. The van der Waals surface area contributed by atoms with Crippen LogP contribution in [0.15, 0.2) is 84.3 Å². The van der Waals surface area contributed by atoms with E-state index in [-0.39, 0.29) is 5.91 Å². The Labute approximate surface area is 207 Å². The van der Waals surface area contributed by atoms with Crippen LogP contribution in [0.3, 0.4) is 0 Å². The second-order valence-corrected chi connectivity index (χ2v) is 8.41. The molecule has 0 bridgehead atoms. The summed E-state index contributed by atoms with van der Waals surface area (Å²) in [5.41, 5.74) is 3.52. The number of anilines is 2. The summed E-state index contributed by atoms with van der Waals surface area (Å²) in [6.07, 6.45) is 3.26. The summed E-state index contributed by atoms with van der Waals surface area (Å²) in [6.45, 7) is 4.37. The van der Waals surface area contributed by atoms with Crippen molar-refractivity contribution in [2.45, 2.75) is 19.9 Å². The molecule has 4 aromatic rings. The first kappa shape index (κ1) is 22.6. The van der Waals surface area contributed by atoms with Gasteiger partial charge in [-0.05, 0) is 67.9 Å². The van der Waals surface area contributed by atoms with Crippen LogP contribution in [0.2, 0.25) is 5.02 Å². The number of nitrogens with zero attached hydrogens (tertiary/aromatic N) is 4. The number of benzene rings is 2. The number of halogens is 1. The summed E-state index contributed by atoms with van der Waals surface area (Å²) in [6, 6.07) is 18.1. The van der Waals surface area contributed by atoms with E-state index < -0.39 is 6.04 Å². The third-order valence-electron chi connectivity index (χ3n) is 5.63. The lowest BCUT2D eigenvalue weighted by atomic mass is 9.95. The van der Waals surface area contributed by atoms with E-state index >= 15 is 0 Å². The maximum absolute atomic E-state index is 13.5. The van der Waals surface area contributed by atoms with Crippen molar-refractivity contribution in [3.05, 3.63) is 94.9 Å². The van der Waals surface area contributed by atoms with Gasteiger partial charge in [-0.2, -0.15) is 4.98 Å². The number of carbonyl (C=O) groups excluding carboxylic acids is 1. The zero-order valence-electron chi connectivity index (χ0n) is 19.2. The summed E-state index contributed by atoms with van der Waals surface area (Å²) in [5, 5.41) is 11.6. The Balaban J connectivity index is 1.58. The predicted octanol–water partition coefficient (Wildman–Crippen LogP) is 5.32. The van der Waals surface area contributed by atoms with Crippen molar-refractivity contribution < 1.29 is 9.53 Å². The van der Waals surface area contributed by atoms with Crippen LogP contribution in [0.5, 0.6) is 5.75 Å². The molecular formula is C26H23ClN6O2. The number of rotatable bonds is 6. The SMILES string of the molecule is CCOc1ccc(C2C(C(=O)Nc3cccnc3)=C(C)Nc3nc(-c4ccc(Cl)cc4)nn32)cc1. The lowest BCUT2D eigenvalue weighted by molar-refractivity contribution is -0.113. The molecule has 0 aliphatic carbocycles. The third-order valence-corrected chi connectivity index (χ3v) is 5.88. The maximum Gasteiger partial charge on any atom is 0.255 e. The van der Waals surface area contributed by atoms with E-state index in [9.17, 15) is 4.79 Å². The number of nitrogens with one attached hydrogen (secondary N) is 2. The predicted molar refractivity (Wildman–Crippen MR) is 135 cm³/mol. The van der Waals surface area contributed by atoms with E-state index in [1.54, 1.807) is 41.3 Å². The van der Waals surface area contributed by atoms with E-state index in [0.717, 1.165) is 16.9 Å². The van der Waals surface area contributed by atoms with Gasteiger partial charge in [0.05, 0.1) is 24.1 Å². The van der Waals surface area contributed by atoms with Crippen LogP contribution in [0.25, 0.3) is 11.4 Å². The molecule has 0 saturated carbocycles. The second kappa shape index (κ2) is 9.60. The molecule has 2 N–H and O–H groups in total. The van der Waals surface area contributed by atoms with Gasteiger partial charge in [0.25, 0.3) is 5.91 Å². The Morgan fingerprint density at radius 1 is 1.14 bits per heavy atom. The van der Waals surface area contributed by atoms with Crippen LogP contribution in [0.4, 0.5) is 11.6 Å². The van der Waals surface area contributed by atoms with E-state index in [0.29, 0.717) is 40.4 Å². The van der Waals surface area contributed by atoms with Gasteiger partial charge in [-0.15, -0.1) is 5.10 Å². The van der Waals surface area contributed by atoms with Crippen LogP contribution < -0.4 is 15.4 Å². The first-order valence-electron chi connectivity index (χ1n) is 11.2. The molecule has 1 atom stereocenters. The Morgan fingerprint density at radius 3 is 2.60 bits per heavy atom. The highest BCUT2D eigenvalue weighted by atomic mass is 35.5. The molecule has 0 saturated heterocycles. The molecule has 5 rings (SSSR count). The number of ether oxygens (including phenoxy) is 1. The topological polar surface area (TPSA) is 94.0 Å². The van der Waals surface area contributed by atoms with E-state index in [4.69, 9.17) is 26.4 Å². The van der Waals surface area contributed by atoms with Crippen LogP contribution in [-0.4, -0.2) is 32.3 Å². The average molecular weight is 487 g/mol. The van der Waals surface area contributed by atoms with Crippen LogP contribution in [-0.2, 0) is 4.79 Å². The number of hydrogen-bond acceptors (Lipinski definition) is 6. The first-order valence-corrected chi connectivity index (χ1v) is 11.6. The van der Waals surface area contributed by atoms with Gasteiger partial charge in [0.1, 0.15) is 11.8 Å². The van der Waals surface area contributed by atoms with Crippen molar-refractivity contribution in [2.24, 2.45) is 0 Å². The van der Waals surface area contributed by atoms with Crippen molar-refractivity contribution in [3.8, 4) is 17.1 Å². The van der Waals surface area contributed by atoms with Crippen LogP contribution >= 0.6 is 11.6 Å². The van der Waals surface area contributed by atoms with Gasteiger partial charge in [-0.3, -0.25) is 9.78 Å². The molecule has 1 unspecified atom stereocenters. The molecule has 1 aliphatic rings. The normalized spacial score (nSPS) is 14.8. The average Bonchev–Trinajstić information content (AvgIpc) is 3.28. The van der Waals surface area contributed by atoms with Gasteiger partial charge >= 0.3 is 0 Å². The number of fused-ring (bicyclic) bond motifs is 1. The lowest BCUT2D eigenvalue weighted by Gasteiger charge is -2.28. The molecule has 0 fully saturated rings. The number of aromatic nitrogens is 4. The van der Waals surface area contributed by atoms with E-state index in [2.05, 4.69) is 15.6 Å². The molecule has 35 heavy (non-hydrogen) atoms. The molecule has 2 aromatic carbocycles. The van der Waals surface area contributed by atoms with Gasteiger partial charge in [0.2, 0.25) is 5.95 Å². The van der Waals surface area contributed by atoms with Gasteiger partial charge in [-0.1, -0.05) is 23.7 Å². The highest BCUT2D eigenvalue weighted by Crippen LogP contribution is 2.37. The van der Waals surface area contributed by atoms with Crippen LogP contribution in [0.1, 0.15) is 25.5 Å². The molecule has 1 amide bonds. The summed E-state index contributed by atoms with van der Waals surface area (Å²) in [4.78, 5) is 22.3. The van der Waals surface area contributed by atoms with Gasteiger partial charge < -0.3 is 15.4 Å². The number of carbonyl (C=O) groups is 1. The van der Waals surface area contributed by atoms with Gasteiger partial charge in [0, 0.05) is 22.5 Å². The fourth-order valence-electron chi connectivity index (χ4n) is 4.02. The number of pyridine rings is 1. The zero-order chi connectivity index (χ0) is 24.4. The van der Waals surface area contributed by atoms with E-state index in [1.807, 2.05) is 50.2 Å². The minimum absolute atomic E-state index is 0.254. The Bertz CT molecular complexity index is 1380. The lowest BCUT2D eigenvalue weighted by Crippen LogP contribution is -2.31. The monoisotopic (exact) mass is 486 g/mol. The Kier molecular flexibility index (Phi) is 6.20. The van der Waals surface area contributed by atoms with E-state index in [1.165, 1.54) is 0 Å². The highest BCUT2D eigenvalue weighted by Gasteiger charge is 2.34. The minimum atomic E-state index is -0.507. The summed E-state index contributed by atoms with van der Waals surface area (Å²) < 4.78 is 7.35. The summed E-state index contributed by atoms with van der Waals surface area (Å²) in [5.74, 6) is 1.58. The quantitative estimate of drug-likeness (QED) is 0.383. The highest BCUT2D eigenvalue weighted by molar-refractivity contribution is 6.30. The fraction of sp³-hybridized carbons (Fsp3) is 0.154. The minimum Gasteiger partial charge on any atom is -0.494 e. The van der Waals surface area contributed by atoms with Crippen molar-refractivity contribution in [3.63, 3.8) is 0 Å². The van der Waals surface area contributed by atoms with Gasteiger partial charge in [-0.25, -0.2) is 4.68 Å². The van der Waals surface area contributed by atoms with Crippen molar-refractivity contribution in [2.75, 3.05) is 17.2 Å². The standard InChI is InChI=1S/C26H23ClN6O2/c1-3-35-21-12-8-17(9-13-21)23-22(25(34)30-20-5-4-14-28-15-20)16(2)29-26-31-24(32-33(23)26)18-6-10-19(27)11-7-18/h4-15,23H,3H2,1-2H3,(H,30,34)(H,29,31,32). The van der Waals surface area contributed by atoms with Crippen LogP contribution in [0, 0.1) is 0 Å². The zero-order valence-corrected chi connectivity index (χ0v) is 20.0. The molecule has 3 heterocycles. The number of allylic oxidation sites excluding steroid dienone is 1. The summed E-state index contributed by atoms with van der Waals surface area (Å²) in [7, 11) is 0. The second-order valence-electron chi connectivity index (χ2n) is 7.97. The Morgan fingerprint density at radius 2 is 1.91 bits per heavy atom. The molecule has 1 aliphatic heterocycles. The van der Waals surface area contributed by atoms with Gasteiger partial charge in [0.15, 0.2) is 5.82 Å². The Hall–Kier alpha value is -4.17. The molecule has 9 heteroatoms. The van der Waals surface area contributed by atoms with Crippen molar-refractivity contribution in [1.29, 1.82) is 0 Å². The largest absolute Gasteiger partial charge is 0.494 e. The fourth-order valence-corrected chi connectivity index (χ4v) is 4.15. The number of amides is 1. The van der Waals surface area contributed by atoms with Crippen molar-refractivity contribution in [1.82, 2.24) is 19.7 Å².